The van der Waals surface area contributed by atoms with Gasteiger partial charge in [0.25, 0.3) is 5.91 Å². The van der Waals surface area contributed by atoms with Gasteiger partial charge in [0.05, 0.1) is 17.6 Å². The maximum Gasteiger partial charge on any atom is 0.310 e. The van der Waals surface area contributed by atoms with E-state index in [9.17, 15) is 20.0 Å². The predicted octanol–water partition coefficient (Wildman–Crippen LogP) is 1.35. The van der Waals surface area contributed by atoms with E-state index < -0.39 is 4.92 Å². The lowest BCUT2D eigenvalue weighted by Crippen LogP contribution is -2.47. The van der Waals surface area contributed by atoms with Crippen LogP contribution in [0.5, 0.6) is 5.75 Å². The van der Waals surface area contributed by atoms with Crippen LogP contribution in [-0.4, -0.2) is 46.6 Å². The number of nitrogens with zero attached hydrogens (tertiary/aromatic N) is 2. The van der Waals surface area contributed by atoms with Crippen molar-refractivity contribution in [2.45, 2.75) is 25.3 Å². The molecule has 1 amide bonds. The van der Waals surface area contributed by atoms with E-state index in [-0.39, 0.29) is 36.6 Å². The fourth-order valence-electron chi connectivity index (χ4n) is 2.47. The summed E-state index contributed by atoms with van der Waals surface area (Å²) in [5.74, 6) is -0.180. The number of likely N-dealkylation sites (tertiary alicyclic amines) is 1. The monoisotopic (exact) mass is 294 g/mol. The lowest BCUT2D eigenvalue weighted by molar-refractivity contribution is -0.385. The Kier molecular flexibility index (Phi) is 5.10. The molecular weight excluding hydrogens is 276 g/mol. The van der Waals surface area contributed by atoms with Crippen molar-refractivity contribution in [3.8, 4) is 5.75 Å². The summed E-state index contributed by atoms with van der Waals surface area (Å²) in [6.45, 7) is 0.253. The van der Waals surface area contributed by atoms with Crippen LogP contribution in [0.2, 0.25) is 0 Å². The molecule has 1 unspecified atom stereocenters. The Morgan fingerprint density at radius 1 is 1.43 bits per heavy atom. The van der Waals surface area contributed by atoms with Crippen molar-refractivity contribution in [1.29, 1.82) is 0 Å². The van der Waals surface area contributed by atoms with Gasteiger partial charge in [-0.2, -0.15) is 0 Å². The Hall–Kier alpha value is -2.15. The molecule has 0 aliphatic carbocycles. The van der Waals surface area contributed by atoms with Gasteiger partial charge in [0.15, 0.2) is 12.4 Å². The van der Waals surface area contributed by atoms with Gasteiger partial charge in [-0.15, -0.1) is 0 Å². The summed E-state index contributed by atoms with van der Waals surface area (Å²) in [5.41, 5.74) is -0.164. The minimum atomic E-state index is -0.544. The number of ether oxygens (including phenoxy) is 1. The topological polar surface area (TPSA) is 92.9 Å². The molecule has 0 spiro atoms. The third kappa shape index (κ3) is 3.69. The summed E-state index contributed by atoms with van der Waals surface area (Å²) in [7, 11) is 0. The number of carbonyl (C=O) groups is 1. The highest BCUT2D eigenvalue weighted by Gasteiger charge is 2.26. The predicted molar refractivity (Wildman–Crippen MR) is 75.0 cm³/mol. The first-order valence-corrected chi connectivity index (χ1v) is 6.90. The van der Waals surface area contributed by atoms with E-state index in [1.807, 2.05) is 0 Å². The van der Waals surface area contributed by atoms with Crippen molar-refractivity contribution in [3.05, 3.63) is 34.4 Å². The van der Waals surface area contributed by atoms with Crippen molar-refractivity contribution in [2.24, 2.45) is 0 Å². The second-order valence-electron chi connectivity index (χ2n) is 4.93. The molecule has 0 radical (unpaired) electrons. The van der Waals surface area contributed by atoms with E-state index >= 15 is 0 Å². The molecule has 2 rings (SSSR count). The summed E-state index contributed by atoms with van der Waals surface area (Å²) in [4.78, 5) is 24.1. The SMILES string of the molecule is O=C(COc1ccccc1[N+](=O)[O-])N1CCCCC1CO. The normalized spacial score (nSPS) is 18.3. The summed E-state index contributed by atoms with van der Waals surface area (Å²) in [5, 5.41) is 20.2. The molecule has 1 atom stereocenters. The van der Waals surface area contributed by atoms with Crippen molar-refractivity contribution in [3.63, 3.8) is 0 Å². The van der Waals surface area contributed by atoms with Gasteiger partial charge in [0.1, 0.15) is 0 Å². The number of rotatable bonds is 5. The minimum absolute atomic E-state index is 0.0722. The van der Waals surface area contributed by atoms with E-state index in [1.165, 1.54) is 12.1 Å². The van der Waals surface area contributed by atoms with Crippen molar-refractivity contribution >= 4 is 11.6 Å². The highest BCUT2D eigenvalue weighted by atomic mass is 16.6. The third-order valence-corrected chi connectivity index (χ3v) is 3.57. The standard InChI is InChI=1S/C14H18N2O5/c17-9-11-5-3-4-8-15(11)14(18)10-21-13-7-2-1-6-12(13)16(19)20/h1-2,6-7,11,17H,3-5,8-10H2. The number of para-hydroxylation sites is 2. The smallest absolute Gasteiger partial charge is 0.310 e. The molecule has 0 saturated carbocycles. The summed E-state index contributed by atoms with van der Waals surface area (Å²) >= 11 is 0. The molecule has 1 aromatic carbocycles. The molecule has 1 N–H and O–H groups in total. The van der Waals surface area contributed by atoms with E-state index in [2.05, 4.69) is 0 Å². The van der Waals surface area contributed by atoms with Gasteiger partial charge in [-0.05, 0) is 25.3 Å². The molecule has 21 heavy (non-hydrogen) atoms. The first-order valence-electron chi connectivity index (χ1n) is 6.90. The minimum Gasteiger partial charge on any atom is -0.477 e. The quantitative estimate of drug-likeness (QED) is 0.653. The fraction of sp³-hybridized carbons (Fsp3) is 0.500. The molecule has 114 valence electrons. The number of nitro benzene ring substituents is 1. The molecule has 1 heterocycles. The molecule has 1 saturated heterocycles. The number of amides is 1. The highest BCUT2D eigenvalue weighted by molar-refractivity contribution is 5.78. The molecule has 1 aromatic rings. The molecule has 7 heteroatoms. The van der Waals surface area contributed by atoms with Crippen LogP contribution >= 0.6 is 0 Å². The van der Waals surface area contributed by atoms with Crippen LogP contribution in [0.15, 0.2) is 24.3 Å². The second kappa shape index (κ2) is 7.03. The third-order valence-electron chi connectivity index (χ3n) is 3.57. The second-order valence-corrected chi connectivity index (χ2v) is 4.93. The van der Waals surface area contributed by atoms with E-state index in [0.717, 1.165) is 19.3 Å². The number of aliphatic hydroxyl groups is 1. The number of benzene rings is 1. The summed E-state index contributed by atoms with van der Waals surface area (Å²) < 4.78 is 5.29. The van der Waals surface area contributed by atoms with Gasteiger partial charge in [0, 0.05) is 12.6 Å². The van der Waals surface area contributed by atoms with Crippen LogP contribution in [0.25, 0.3) is 0 Å². The molecule has 1 fully saturated rings. The lowest BCUT2D eigenvalue weighted by atomic mass is 10.0. The van der Waals surface area contributed by atoms with Crippen LogP contribution in [0.1, 0.15) is 19.3 Å². The van der Waals surface area contributed by atoms with Gasteiger partial charge < -0.3 is 14.7 Å². The number of aliphatic hydroxyl groups excluding tert-OH is 1. The Bertz CT molecular complexity index is 520. The fourth-order valence-corrected chi connectivity index (χ4v) is 2.47. The van der Waals surface area contributed by atoms with Gasteiger partial charge >= 0.3 is 5.69 Å². The van der Waals surface area contributed by atoms with Crippen LogP contribution < -0.4 is 4.74 Å². The van der Waals surface area contributed by atoms with E-state index in [4.69, 9.17) is 4.74 Å². The summed E-state index contributed by atoms with van der Waals surface area (Å²) in [6.07, 6.45) is 2.65. The number of piperidine rings is 1. The maximum absolute atomic E-state index is 12.1. The molecule has 1 aliphatic heterocycles. The Morgan fingerprint density at radius 2 is 2.19 bits per heavy atom. The zero-order valence-corrected chi connectivity index (χ0v) is 11.6. The number of carbonyl (C=O) groups excluding carboxylic acids is 1. The number of hydrogen-bond donors (Lipinski definition) is 1. The van der Waals surface area contributed by atoms with Crippen LogP contribution in [0.3, 0.4) is 0 Å². The number of hydrogen-bond acceptors (Lipinski definition) is 5. The molecule has 1 aliphatic rings. The highest BCUT2D eigenvalue weighted by Crippen LogP contribution is 2.26. The first kappa shape index (κ1) is 15.2. The lowest BCUT2D eigenvalue weighted by Gasteiger charge is -2.34. The van der Waals surface area contributed by atoms with Gasteiger partial charge in [-0.3, -0.25) is 14.9 Å². The van der Waals surface area contributed by atoms with Crippen molar-refractivity contribution in [2.75, 3.05) is 19.8 Å². The van der Waals surface area contributed by atoms with Crippen molar-refractivity contribution in [1.82, 2.24) is 4.90 Å². The van der Waals surface area contributed by atoms with E-state index in [1.54, 1.807) is 17.0 Å². The first-order chi connectivity index (χ1) is 10.1. The maximum atomic E-state index is 12.1. The Labute approximate surface area is 122 Å². The van der Waals surface area contributed by atoms with E-state index in [0.29, 0.717) is 6.54 Å². The molecule has 0 aromatic heterocycles. The molecular formula is C14H18N2O5. The van der Waals surface area contributed by atoms with Gasteiger partial charge in [-0.25, -0.2) is 0 Å². The van der Waals surface area contributed by atoms with Crippen molar-refractivity contribution < 1.29 is 19.6 Å². The zero-order chi connectivity index (χ0) is 15.2. The molecule has 0 bridgehead atoms. The number of nitro groups is 1. The van der Waals surface area contributed by atoms with Gasteiger partial charge in [-0.1, -0.05) is 12.1 Å². The van der Waals surface area contributed by atoms with Crippen LogP contribution in [0, 0.1) is 10.1 Å². The Balaban J connectivity index is 1.99. The Morgan fingerprint density at radius 3 is 2.90 bits per heavy atom. The largest absolute Gasteiger partial charge is 0.477 e. The summed E-state index contributed by atoms with van der Waals surface area (Å²) in [6, 6.07) is 5.77. The van der Waals surface area contributed by atoms with Crippen LogP contribution in [-0.2, 0) is 4.79 Å². The average molecular weight is 294 g/mol. The molecule has 7 nitrogen and oxygen atoms in total. The average Bonchev–Trinajstić information content (AvgIpc) is 2.52. The van der Waals surface area contributed by atoms with Crippen LogP contribution in [0.4, 0.5) is 5.69 Å². The van der Waals surface area contributed by atoms with Gasteiger partial charge in [0.2, 0.25) is 0 Å². The zero-order valence-electron chi connectivity index (χ0n) is 11.6.